The Kier molecular flexibility index (Phi) is 8.23. The number of benzene rings is 2. The molecule has 2 fully saturated rings. The molecule has 2 aliphatic carbocycles. The average Bonchev–Trinajstić information content (AvgIpc) is 3.65. The number of halogens is 1. The highest BCUT2D eigenvalue weighted by atomic mass is 35.5. The van der Waals surface area contributed by atoms with Crippen LogP contribution < -0.4 is 0 Å². The minimum atomic E-state index is -0.740. The quantitative estimate of drug-likeness (QED) is 0.638. The largest absolute Gasteiger partial charge is 0.481 e. The fourth-order valence-electron chi connectivity index (χ4n) is 4.41. The van der Waals surface area contributed by atoms with E-state index in [1.807, 2.05) is 60.7 Å². The number of aliphatic carboxylic acids is 2. The van der Waals surface area contributed by atoms with Gasteiger partial charge in [-0.25, -0.2) is 0 Å². The summed E-state index contributed by atoms with van der Waals surface area (Å²) in [6, 6.07) is 18.8. The Hall–Kier alpha value is -2.41. The van der Waals surface area contributed by atoms with Gasteiger partial charge in [-0.1, -0.05) is 60.7 Å². The normalized spacial score (nSPS) is 27.8. The Balaban J connectivity index is 0.000000213. The van der Waals surface area contributed by atoms with Crippen LogP contribution in [0.3, 0.4) is 0 Å². The van der Waals surface area contributed by atoms with Gasteiger partial charge in [-0.3, -0.25) is 9.59 Å². The Bertz CT molecular complexity index is 801. The maximum Gasteiger partial charge on any atom is 0.314 e. The van der Waals surface area contributed by atoms with Gasteiger partial charge >= 0.3 is 11.9 Å². The average molecular weight is 449 g/mol. The summed E-state index contributed by atoms with van der Waals surface area (Å²) in [6.07, 6.45) is 1.36. The van der Waals surface area contributed by atoms with Crippen molar-refractivity contribution in [3.63, 3.8) is 0 Å². The molecule has 0 aliphatic heterocycles. The number of hydrogen-bond acceptors (Lipinski definition) is 4. The second-order valence-electron chi connectivity index (χ2n) is 8.00. The lowest BCUT2D eigenvalue weighted by atomic mass is 9.93. The third-order valence-electron chi connectivity index (χ3n) is 6.29. The Morgan fingerprint density at radius 3 is 1.35 bits per heavy atom. The van der Waals surface area contributed by atoms with Gasteiger partial charge in [-0.2, -0.15) is 0 Å². The molecular formula is C24H29ClO6. The van der Waals surface area contributed by atoms with E-state index >= 15 is 0 Å². The first-order valence-electron chi connectivity index (χ1n) is 9.99. The highest BCUT2D eigenvalue weighted by Crippen LogP contribution is 2.55. The van der Waals surface area contributed by atoms with Crippen LogP contribution >= 0.6 is 12.4 Å². The van der Waals surface area contributed by atoms with Gasteiger partial charge in [0, 0.05) is 26.1 Å². The van der Waals surface area contributed by atoms with Gasteiger partial charge in [-0.15, -0.1) is 12.4 Å². The van der Waals surface area contributed by atoms with E-state index in [0.717, 1.165) is 11.1 Å². The number of carboxylic acid groups (broad SMARTS) is 2. The van der Waals surface area contributed by atoms with Crippen molar-refractivity contribution in [1.29, 1.82) is 0 Å². The topological polar surface area (TPSA) is 93.1 Å². The van der Waals surface area contributed by atoms with Gasteiger partial charge in [0.25, 0.3) is 0 Å². The number of methoxy groups -OCH3 is 2. The number of hydrogen-bond donors (Lipinski definition) is 2. The van der Waals surface area contributed by atoms with Crippen molar-refractivity contribution >= 4 is 24.3 Å². The zero-order valence-corrected chi connectivity index (χ0v) is 18.5. The van der Waals surface area contributed by atoms with Gasteiger partial charge in [0.15, 0.2) is 0 Å². The monoisotopic (exact) mass is 448 g/mol. The molecule has 0 heterocycles. The predicted molar refractivity (Wildman–Crippen MR) is 119 cm³/mol. The maximum absolute atomic E-state index is 11.3. The summed E-state index contributed by atoms with van der Waals surface area (Å²) in [7, 11) is 3.21. The molecule has 0 saturated heterocycles. The van der Waals surface area contributed by atoms with Crippen molar-refractivity contribution in [3.8, 4) is 0 Å². The van der Waals surface area contributed by atoms with Crippen LogP contribution in [0.25, 0.3) is 0 Å². The first-order chi connectivity index (χ1) is 14.4. The van der Waals surface area contributed by atoms with E-state index in [4.69, 9.17) is 9.47 Å². The number of rotatable bonds is 8. The van der Waals surface area contributed by atoms with Gasteiger partial charge in [0.2, 0.25) is 0 Å². The molecule has 0 amide bonds. The second kappa shape index (κ2) is 10.3. The number of carboxylic acids is 2. The molecule has 0 bridgehead atoms. The molecule has 6 nitrogen and oxygen atoms in total. The molecule has 4 rings (SSSR count). The highest BCUT2D eigenvalue weighted by Gasteiger charge is 2.62. The van der Waals surface area contributed by atoms with Crippen molar-refractivity contribution in [1.82, 2.24) is 0 Å². The third kappa shape index (κ3) is 4.76. The van der Waals surface area contributed by atoms with Crippen molar-refractivity contribution in [2.24, 2.45) is 11.8 Å². The summed E-state index contributed by atoms with van der Waals surface area (Å²) in [5, 5.41) is 18.6. The highest BCUT2D eigenvalue weighted by molar-refractivity contribution is 5.86. The van der Waals surface area contributed by atoms with Crippen LogP contribution in [-0.4, -0.2) is 49.6 Å². The maximum atomic E-state index is 11.3. The van der Waals surface area contributed by atoms with Gasteiger partial charge in [-0.05, 0) is 24.0 Å². The lowest BCUT2D eigenvalue weighted by Crippen LogP contribution is -2.23. The van der Waals surface area contributed by atoms with E-state index < -0.39 is 22.8 Å². The number of carbonyl (C=O) groups is 2. The van der Waals surface area contributed by atoms with E-state index in [2.05, 4.69) is 0 Å². The fraction of sp³-hybridized carbons (Fsp3) is 0.417. The van der Waals surface area contributed by atoms with E-state index in [0.29, 0.717) is 26.1 Å². The fourth-order valence-corrected chi connectivity index (χ4v) is 4.41. The molecule has 0 aromatic heterocycles. The molecule has 4 unspecified atom stereocenters. The molecule has 168 valence electrons. The van der Waals surface area contributed by atoms with Crippen molar-refractivity contribution < 1.29 is 29.3 Å². The van der Waals surface area contributed by atoms with Crippen LogP contribution in [0.2, 0.25) is 0 Å². The molecular weight excluding hydrogens is 420 g/mol. The molecule has 7 heteroatoms. The summed E-state index contributed by atoms with van der Waals surface area (Å²) < 4.78 is 10.1. The SMILES string of the molecule is COCC1CC1(C(=O)O)c1ccccc1.COCC1CC1(C(=O)O)c1ccccc1.Cl. The first kappa shape index (κ1) is 24.9. The molecule has 2 aromatic carbocycles. The van der Waals surface area contributed by atoms with Crippen LogP contribution in [0.5, 0.6) is 0 Å². The van der Waals surface area contributed by atoms with Crippen molar-refractivity contribution in [2.75, 3.05) is 27.4 Å². The van der Waals surface area contributed by atoms with E-state index in [9.17, 15) is 19.8 Å². The molecule has 0 spiro atoms. The molecule has 2 aliphatic rings. The van der Waals surface area contributed by atoms with E-state index in [-0.39, 0.29) is 24.2 Å². The molecule has 31 heavy (non-hydrogen) atoms. The van der Waals surface area contributed by atoms with Gasteiger partial charge < -0.3 is 19.7 Å². The van der Waals surface area contributed by atoms with E-state index in [1.165, 1.54) is 0 Å². The van der Waals surface area contributed by atoms with Gasteiger partial charge in [0.05, 0.1) is 24.0 Å². The predicted octanol–water partition coefficient (Wildman–Crippen LogP) is 3.77. The summed E-state index contributed by atoms with van der Waals surface area (Å²) in [5.41, 5.74) is 0.383. The molecule has 0 radical (unpaired) electrons. The van der Waals surface area contributed by atoms with Crippen LogP contribution in [0, 0.1) is 11.8 Å². The summed E-state index contributed by atoms with van der Waals surface area (Å²) >= 11 is 0. The smallest absolute Gasteiger partial charge is 0.314 e. The van der Waals surface area contributed by atoms with E-state index in [1.54, 1.807) is 14.2 Å². The lowest BCUT2D eigenvalue weighted by Gasteiger charge is -2.12. The zero-order valence-electron chi connectivity index (χ0n) is 17.7. The Morgan fingerprint density at radius 1 is 0.774 bits per heavy atom. The third-order valence-corrected chi connectivity index (χ3v) is 6.29. The van der Waals surface area contributed by atoms with Crippen molar-refractivity contribution in [2.45, 2.75) is 23.7 Å². The van der Waals surface area contributed by atoms with Crippen molar-refractivity contribution in [3.05, 3.63) is 71.8 Å². The Morgan fingerprint density at radius 2 is 1.10 bits per heavy atom. The second-order valence-corrected chi connectivity index (χ2v) is 8.00. The summed E-state index contributed by atoms with van der Waals surface area (Å²) in [6.45, 7) is 1.03. The lowest BCUT2D eigenvalue weighted by molar-refractivity contribution is -0.141. The zero-order chi connectivity index (χ0) is 21.8. The van der Waals surface area contributed by atoms with Crippen LogP contribution in [0.4, 0.5) is 0 Å². The standard InChI is InChI=1S/2C12H14O3.ClH/c2*1-15-8-10-7-12(10,11(13)14)9-5-3-2-4-6-9;/h2*2-6,10H,7-8H2,1H3,(H,13,14);1H. The molecule has 4 atom stereocenters. The first-order valence-corrected chi connectivity index (χ1v) is 9.99. The number of ether oxygens (including phenoxy) is 2. The minimum absolute atomic E-state index is 0. The molecule has 2 aromatic rings. The minimum Gasteiger partial charge on any atom is -0.481 e. The molecule has 2 N–H and O–H groups in total. The van der Waals surface area contributed by atoms with Gasteiger partial charge in [0.1, 0.15) is 0 Å². The van der Waals surface area contributed by atoms with Crippen LogP contribution in [0.15, 0.2) is 60.7 Å². The Labute approximate surface area is 188 Å². The van der Waals surface area contributed by atoms with Crippen LogP contribution in [0.1, 0.15) is 24.0 Å². The molecule has 2 saturated carbocycles. The summed E-state index contributed by atoms with van der Waals surface area (Å²) in [5.74, 6) is -1.25. The summed E-state index contributed by atoms with van der Waals surface area (Å²) in [4.78, 5) is 22.6. The van der Waals surface area contributed by atoms with Crippen LogP contribution in [-0.2, 0) is 29.9 Å².